The van der Waals surface area contributed by atoms with E-state index in [0.717, 1.165) is 26.1 Å². The van der Waals surface area contributed by atoms with Crippen molar-refractivity contribution in [1.82, 2.24) is 9.80 Å². The minimum absolute atomic E-state index is 0.120. The van der Waals surface area contributed by atoms with E-state index >= 15 is 0 Å². The van der Waals surface area contributed by atoms with E-state index in [1.54, 1.807) is 0 Å². The number of piperazine rings is 1. The summed E-state index contributed by atoms with van der Waals surface area (Å²) in [6.07, 6.45) is 0.953. The zero-order valence-corrected chi connectivity index (χ0v) is 10.9. The van der Waals surface area contributed by atoms with E-state index in [2.05, 4.69) is 25.8 Å². The average Bonchev–Trinajstić information content (AvgIpc) is 2.26. The van der Waals surface area contributed by atoms with Crippen LogP contribution in [0.4, 0.5) is 0 Å². The Morgan fingerprint density at radius 2 is 2.12 bits per heavy atom. The quantitative estimate of drug-likeness (QED) is 0.765. The van der Waals surface area contributed by atoms with Crippen molar-refractivity contribution in [2.24, 2.45) is 11.7 Å². The first kappa shape index (κ1) is 13.5. The van der Waals surface area contributed by atoms with Crippen LogP contribution in [0.2, 0.25) is 0 Å². The molecule has 2 N–H and O–H groups in total. The number of rotatable bonds is 3. The van der Waals surface area contributed by atoms with Gasteiger partial charge in [0.25, 0.3) is 0 Å². The van der Waals surface area contributed by atoms with Crippen LogP contribution in [0.1, 0.15) is 27.2 Å². The Balaban J connectivity index is 2.59. The van der Waals surface area contributed by atoms with Crippen LogP contribution < -0.4 is 5.73 Å². The normalized spacial score (nSPS) is 26.6. The predicted molar refractivity (Wildman–Crippen MR) is 66.1 cm³/mol. The molecule has 1 saturated heterocycles. The number of hydrogen-bond acceptors (Lipinski definition) is 3. The number of nitrogens with two attached hydrogens (primary N) is 1. The minimum atomic E-state index is -0.337. The molecule has 4 nitrogen and oxygen atoms in total. The summed E-state index contributed by atoms with van der Waals surface area (Å²) in [5.41, 5.74) is 5.99. The SMILES string of the molecule is CC[C@H](C)[C@H](N)C(=O)N1CCN(C)CC1C. The molecule has 1 aliphatic heterocycles. The van der Waals surface area contributed by atoms with Gasteiger partial charge in [-0.3, -0.25) is 4.79 Å². The van der Waals surface area contributed by atoms with Gasteiger partial charge >= 0.3 is 0 Å². The van der Waals surface area contributed by atoms with Crippen molar-refractivity contribution in [3.63, 3.8) is 0 Å². The van der Waals surface area contributed by atoms with Crippen LogP contribution in [0.3, 0.4) is 0 Å². The second-order valence-corrected chi connectivity index (χ2v) is 5.05. The number of hydrogen-bond donors (Lipinski definition) is 1. The van der Waals surface area contributed by atoms with Gasteiger partial charge in [-0.25, -0.2) is 0 Å². The molecule has 94 valence electrons. The van der Waals surface area contributed by atoms with Gasteiger partial charge in [-0.15, -0.1) is 0 Å². The molecule has 16 heavy (non-hydrogen) atoms. The molecule has 1 heterocycles. The van der Waals surface area contributed by atoms with E-state index in [-0.39, 0.29) is 23.9 Å². The van der Waals surface area contributed by atoms with Gasteiger partial charge in [0.2, 0.25) is 5.91 Å². The third-order valence-corrected chi connectivity index (χ3v) is 3.66. The molecule has 0 saturated carbocycles. The number of carbonyl (C=O) groups is 1. The summed E-state index contributed by atoms with van der Waals surface area (Å²) in [5.74, 6) is 0.384. The highest BCUT2D eigenvalue weighted by Gasteiger charge is 2.30. The molecule has 0 aromatic heterocycles. The van der Waals surface area contributed by atoms with Crippen molar-refractivity contribution >= 4 is 5.91 Å². The number of likely N-dealkylation sites (N-methyl/N-ethyl adjacent to an activating group) is 1. The van der Waals surface area contributed by atoms with Crippen LogP contribution in [0.5, 0.6) is 0 Å². The van der Waals surface area contributed by atoms with E-state index in [9.17, 15) is 4.79 Å². The summed E-state index contributed by atoms with van der Waals surface area (Å²) < 4.78 is 0. The zero-order valence-electron chi connectivity index (χ0n) is 10.9. The van der Waals surface area contributed by atoms with Crippen molar-refractivity contribution in [2.75, 3.05) is 26.7 Å². The third-order valence-electron chi connectivity index (χ3n) is 3.66. The summed E-state index contributed by atoms with van der Waals surface area (Å²) in [6.45, 7) is 8.91. The first-order chi connectivity index (χ1) is 7.47. The predicted octanol–water partition coefficient (Wildman–Crippen LogP) is 0.522. The average molecular weight is 227 g/mol. The molecule has 0 radical (unpaired) electrons. The van der Waals surface area contributed by atoms with Gasteiger partial charge in [-0.2, -0.15) is 0 Å². The Kier molecular flexibility index (Phi) is 4.74. The Bertz CT molecular complexity index is 244. The van der Waals surface area contributed by atoms with Crippen LogP contribution >= 0.6 is 0 Å². The third kappa shape index (κ3) is 2.95. The molecular weight excluding hydrogens is 202 g/mol. The smallest absolute Gasteiger partial charge is 0.240 e. The molecule has 3 atom stereocenters. The van der Waals surface area contributed by atoms with Crippen molar-refractivity contribution in [2.45, 2.75) is 39.3 Å². The first-order valence-corrected chi connectivity index (χ1v) is 6.22. The molecule has 0 aromatic rings. The zero-order chi connectivity index (χ0) is 12.3. The van der Waals surface area contributed by atoms with Gasteiger partial charge in [-0.05, 0) is 19.9 Å². The van der Waals surface area contributed by atoms with Gasteiger partial charge in [0.05, 0.1) is 6.04 Å². The maximum atomic E-state index is 12.2. The molecule has 1 amide bonds. The number of nitrogens with zero attached hydrogens (tertiary/aromatic N) is 2. The topological polar surface area (TPSA) is 49.6 Å². The van der Waals surface area contributed by atoms with Crippen molar-refractivity contribution in [3.8, 4) is 0 Å². The van der Waals surface area contributed by atoms with Crippen LogP contribution in [-0.4, -0.2) is 54.5 Å². The number of amides is 1. The van der Waals surface area contributed by atoms with Crippen LogP contribution in [-0.2, 0) is 4.79 Å². The maximum Gasteiger partial charge on any atom is 0.240 e. The summed E-state index contributed by atoms with van der Waals surface area (Å²) >= 11 is 0. The lowest BCUT2D eigenvalue weighted by atomic mass is 9.98. The van der Waals surface area contributed by atoms with E-state index < -0.39 is 0 Å². The lowest BCUT2D eigenvalue weighted by Gasteiger charge is -2.40. The van der Waals surface area contributed by atoms with Crippen molar-refractivity contribution in [3.05, 3.63) is 0 Å². The molecule has 4 heteroatoms. The highest BCUT2D eigenvalue weighted by Crippen LogP contribution is 2.13. The fourth-order valence-corrected chi connectivity index (χ4v) is 2.16. The Labute approximate surface area is 98.8 Å². The summed E-state index contributed by atoms with van der Waals surface area (Å²) in [6, 6.07) is -0.0581. The Morgan fingerprint density at radius 3 is 2.62 bits per heavy atom. The second kappa shape index (κ2) is 5.64. The summed E-state index contributed by atoms with van der Waals surface area (Å²) in [5, 5.41) is 0. The molecule has 0 bridgehead atoms. The lowest BCUT2D eigenvalue weighted by molar-refractivity contribution is -0.138. The summed E-state index contributed by atoms with van der Waals surface area (Å²) in [4.78, 5) is 16.4. The highest BCUT2D eigenvalue weighted by atomic mass is 16.2. The van der Waals surface area contributed by atoms with Gasteiger partial charge < -0.3 is 15.5 Å². The summed E-state index contributed by atoms with van der Waals surface area (Å²) in [7, 11) is 2.09. The molecule has 1 aliphatic rings. The number of carbonyl (C=O) groups excluding carboxylic acids is 1. The standard InChI is InChI=1S/C12H25N3O/c1-5-9(2)11(13)12(16)15-7-6-14(4)8-10(15)3/h9-11H,5-8,13H2,1-4H3/t9-,10?,11-/m0/s1. The van der Waals surface area contributed by atoms with E-state index in [1.807, 2.05) is 11.8 Å². The second-order valence-electron chi connectivity index (χ2n) is 5.05. The van der Waals surface area contributed by atoms with E-state index in [1.165, 1.54) is 0 Å². The fourth-order valence-electron chi connectivity index (χ4n) is 2.16. The van der Waals surface area contributed by atoms with Crippen LogP contribution in [0.25, 0.3) is 0 Å². The largest absolute Gasteiger partial charge is 0.336 e. The molecule has 1 rings (SSSR count). The molecule has 0 aliphatic carbocycles. The lowest BCUT2D eigenvalue weighted by Crippen LogP contribution is -2.57. The molecule has 1 unspecified atom stereocenters. The van der Waals surface area contributed by atoms with Crippen LogP contribution in [0.15, 0.2) is 0 Å². The van der Waals surface area contributed by atoms with Gasteiger partial charge in [0, 0.05) is 25.7 Å². The monoisotopic (exact) mass is 227 g/mol. The first-order valence-electron chi connectivity index (χ1n) is 6.22. The van der Waals surface area contributed by atoms with Crippen molar-refractivity contribution < 1.29 is 4.79 Å². The highest BCUT2D eigenvalue weighted by molar-refractivity contribution is 5.82. The Hall–Kier alpha value is -0.610. The molecule has 0 spiro atoms. The molecular formula is C12H25N3O. The Morgan fingerprint density at radius 1 is 1.50 bits per heavy atom. The van der Waals surface area contributed by atoms with Gasteiger partial charge in [0.1, 0.15) is 0 Å². The van der Waals surface area contributed by atoms with Crippen LogP contribution in [0, 0.1) is 5.92 Å². The van der Waals surface area contributed by atoms with Gasteiger partial charge in [-0.1, -0.05) is 20.3 Å². The van der Waals surface area contributed by atoms with Crippen molar-refractivity contribution in [1.29, 1.82) is 0 Å². The van der Waals surface area contributed by atoms with Gasteiger partial charge in [0.15, 0.2) is 0 Å². The molecule has 1 fully saturated rings. The minimum Gasteiger partial charge on any atom is -0.336 e. The van der Waals surface area contributed by atoms with E-state index in [0.29, 0.717) is 0 Å². The van der Waals surface area contributed by atoms with E-state index in [4.69, 9.17) is 5.73 Å². The fraction of sp³-hybridized carbons (Fsp3) is 0.917. The maximum absolute atomic E-state index is 12.2. The molecule has 0 aromatic carbocycles.